The zero-order valence-corrected chi connectivity index (χ0v) is 17.3. The average molecular weight is 429 g/mol. The van der Waals surface area contributed by atoms with Gasteiger partial charge in [-0.1, -0.05) is 42.1 Å². The highest BCUT2D eigenvalue weighted by atomic mass is 32.2. The first-order valence-electron chi connectivity index (χ1n) is 9.47. The van der Waals surface area contributed by atoms with E-state index in [1.165, 1.54) is 16.2 Å². The lowest BCUT2D eigenvalue weighted by Crippen LogP contribution is -2.44. The van der Waals surface area contributed by atoms with Gasteiger partial charge in [-0.2, -0.15) is 4.99 Å². The second kappa shape index (κ2) is 8.87. The number of thiazole rings is 1. The van der Waals surface area contributed by atoms with Gasteiger partial charge in [-0.25, -0.2) is 4.98 Å². The number of aromatic nitrogens is 1. The molecule has 0 bridgehead atoms. The van der Waals surface area contributed by atoms with Gasteiger partial charge in [0, 0.05) is 4.88 Å². The number of hydrogen-bond donors (Lipinski definition) is 2. The summed E-state index contributed by atoms with van der Waals surface area (Å²) in [7, 11) is 0. The van der Waals surface area contributed by atoms with Crippen molar-refractivity contribution < 1.29 is 14.4 Å². The predicted molar refractivity (Wildman–Crippen MR) is 114 cm³/mol. The Kier molecular flexibility index (Phi) is 6.05. The zero-order valence-electron chi connectivity index (χ0n) is 15.6. The number of amides is 3. The molecular formula is C20H20N4O3S2. The molecule has 0 radical (unpaired) electrons. The third kappa shape index (κ3) is 4.91. The summed E-state index contributed by atoms with van der Waals surface area (Å²) in [5.74, 6) is -1.90. The van der Waals surface area contributed by atoms with Crippen molar-refractivity contribution in [1.82, 2.24) is 10.3 Å². The number of rotatable bonds is 5. The van der Waals surface area contributed by atoms with E-state index in [9.17, 15) is 14.4 Å². The number of hydrogen-bond acceptors (Lipinski definition) is 6. The van der Waals surface area contributed by atoms with Gasteiger partial charge in [-0.05, 0) is 37.7 Å². The largest absolute Gasteiger partial charge is 0.304 e. The molecule has 0 saturated heterocycles. The van der Waals surface area contributed by atoms with Gasteiger partial charge in [0.1, 0.15) is 5.92 Å². The van der Waals surface area contributed by atoms with Crippen LogP contribution in [0.1, 0.15) is 29.0 Å². The minimum Gasteiger partial charge on any atom is -0.304 e. The topological polar surface area (TPSA) is 101 Å². The third-order valence-corrected chi connectivity index (χ3v) is 6.72. The van der Waals surface area contributed by atoms with Crippen molar-refractivity contribution in [2.45, 2.75) is 32.1 Å². The SMILES string of the molecule is O=C(CSC1=NC(=O)C(Cc2ccccc2)C(=O)N1)Nc1nc2c(s1)CCCC2. The van der Waals surface area contributed by atoms with Crippen LogP contribution in [0.2, 0.25) is 0 Å². The summed E-state index contributed by atoms with van der Waals surface area (Å²) in [4.78, 5) is 46.5. The van der Waals surface area contributed by atoms with Crippen LogP contribution in [0.5, 0.6) is 0 Å². The molecule has 0 spiro atoms. The Bertz CT molecular complexity index is 948. The highest BCUT2D eigenvalue weighted by Crippen LogP contribution is 2.29. The van der Waals surface area contributed by atoms with E-state index in [-0.39, 0.29) is 22.7 Å². The Labute approximate surface area is 176 Å². The molecule has 3 amide bonds. The first-order valence-corrected chi connectivity index (χ1v) is 11.3. The summed E-state index contributed by atoms with van der Waals surface area (Å²) in [5.41, 5.74) is 1.99. The quantitative estimate of drug-likeness (QED) is 0.713. The molecule has 2 heterocycles. The van der Waals surface area contributed by atoms with Gasteiger partial charge >= 0.3 is 0 Å². The zero-order chi connectivity index (χ0) is 20.2. The van der Waals surface area contributed by atoms with Crippen molar-refractivity contribution in [3.8, 4) is 0 Å². The van der Waals surface area contributed by atoms with Crippen molar-refractivity contribution in [2.24, 2.45) is 10.9 Å². The minimum atomic E-state index is -0.836. The maximum atomic E-state index is 12.3. The molecule has 1 atom stereocenters. The molecular weight excluding hydrogens is 408 g/mol. The Morgan fingerprint density at radius 1 is 1.21 bits per heavy atom. The van der Waals surface area contributed by atoms with E-state index in [4.69, 9.17) is 0 Å². The second-order valence-electron chi connectivity index (χ2n) is 6.92. The number of amidine groups is 1. The maximum absolute atomic E-state index is 12.3. The normalized spacial score (nSPS) is 18.6. The molecule has 29 heavy (non-hydrogen) atoms. The number of fused-ring (bicyclic) bond motifs is 1. The number of benzene rings is 1. The van der Waals surface area contributed by atoms with Crippen molar-refractivity contribution in [2.75, 3.05) is 11.1 Å². The summed E-state index contributed by atoms with van der Waals surface area (Å²) >= 11 is 2.56. The highest BCUT2D eigenvalue weighted by Gasteiger charge is 2.32. The Hall–Kier alpha value is -2.52. The van der Waals surface area contributed by atoms with Gasteiger partial charge in [-0.3, -0.25) is 14.4 Å². The summed E-state index contributed by atoms with van der Waals surface area (Å²) < 4.78 is 0. The second-order valence-corrected chi connectivity index (χ2v) is 8.97. The monoisotopic (exact) mass is 428 g/mol. The molecule has 2 aromatic rings. The van der Waals surface area contributed by atoms with E-state index in [2.05, 4.69) is 20.6 Å². The molecule has 4 rings (SSSR count). The molecule has 2 aliphatic rings. The van der Waals surface area contributed by atoms with E-state index in [1.54, 1.807) is 0 Å². The smallest absolute Gasteiger partial charge is 0.261 e. The molecule has 0 saturated carbocycles. The molecule has 1 aliphatic carbocycles. The van der Waals surface area contributed by atoms with Gasteiger partial charge in [-0.15, -0.1) is 11.3 Å². The molecule has 1 aromatic carbocycles. The lowest BCUT2D eigenvalue weighted by molar-refractivity contribution is -0.133. The molecule has 7 nitrogen and oxygen atoms in total. The summed E-state index contributed by atoms with van der Waals surface area (Å²) in [6.45, 7) is 0. The molecule has 0 fully saturated rings. The molecule has 2 N–H and O–H groups in total. The van der Waals surface area contributed by atoms with Crippen LogP contribution in [-0.4, -0.2) is 33.6 Å². The number of nitrogens with zero attached hydrogens (tertiary/aromatic N) is 2. The van der Waals surface area contributed by atoms with Crippen LogP contribution in [0.3, 0.4) is 0 Å². The number of carbonyl (C=O) groups is 3. The van der Waals surface area contributed by atoms with Gasteiger partial charge < -0.3 is 10.6 Å². The van der Waals surface area contributed by atoms with Gasteiger partial charge in [0.15, 0.2) is 10.3 Å². The van der Waals surface area contributed by atoms with E-state index in [1.807, 2.05) is 30.3 Å². The van der Waals surface area contributed by atoms with Crippen LogP contribution in [0.25, 0.3) is 0 Å². The number of aliphatic imine (C=N–C) groups is 1. The van der Waals surface area contributed by atoms with Crippen molar-refractivity contribution >= 4 is 51.1 Å². The molecule has 9 heteroatoms. The molecule has 1 aromatic heterocycles. The fraction of sp³-hybridized carbons (Fsp3) is 0.350. The molecule has 150 valence electrons. The Balaban J connectivity index is 1.31. The first kappa shape index (κ1) is 19.8. The van der Waals surface area contributed by atoms with Gasteiger partial charge in [0.25, 0.3) is 5.91 Å². The van der Waals surface area contributed by atoms with Crippen molar-refractivity contribution in [3.05, 3.63) is 46.5 Å². The lowest BCUT2D eigenvalue weighted by Gasteiger charge is -2.19. The number of aryl methyl sites for hydroxylation is 2. The van der Waals surface area contributed by atoms with Crippen LogP contribution < -0.4 is 10.6 Å². The van der Waals surface area contributed by atoms with E-state index in [0.29, 0.717) is 11.6 Å². The first-order chi connectivity index (χ1) is 14.1. The average Bonchev–Trinajstić information content (AvgIpc) is 3.12. The summed E-state index contributed by atoms with van der Waals surface area (Å²) in [5, 5.41) is 6.21. The molecule has 1 aliphatic heterocycles. The standard InChI is InChI=1S/C20H20N4O3S2/c25-16(22-20-21-14-8-4-5-9-15(14)29-20)11-28-19-23-17(26)13(18(27)24-19)10-12-6-2-1-3-7-12/h1-3,6-7,13H,4-5,8-11H2,(H,21,22,25)(H,23,24,26,27). The van der Waals surface area contributed by atoms with E-state index in [0.717, 1.165) is 48.7 Å². The number of thioether (sulfide) groups is 1. The fourth-order valence-corrected chi connectivity index (χ4v) is 5.04. The van der Waals surface area contributed by atoms with E-state index >= 15 is 0 Å². The summed E-state index contributed by atoms with van der Waals surface area (Å²) in [6.07, 6.45) is 4.59. The van der Waals surface area contributed by atoms with Crippen LogP contribution >= 0.6 is 23.1 Å². The van der Waals surface area contributed by atoms with Gasteiger partial charge in [0.05, 0.1) is 11.4 Å². The molecule has 1 unspecified atom stereocenters. The Morgan fingerprint density at radius 3 is 2.76 bits per heavy atom. The van der Waals surface area contributed by atoms with Crippen LogP contribution in [0.15, 0.2) is 35.3 Å². The number of anilines is 1. The number of nitrogens with one attached hydrogen (secondary N) is 2. The van der Waals surface area contributed by atoms with Crippen LogP contribution in [-0.2, 0) is 33.6 Å². The van der Waals surface area contributed by atoms with Gasteiger partial charge in [0.2, 0.25) is 11.8 Å². The fourth-order valence-electron chi connectivity index (χ4n) is 3.30. The predicted octanol–water partition coefficient (Wildman–Crippen LogP) is 2.56. The Morgan fingerprint density at radius 2 is 2.00 bits per heavy atom. The van der Waals surface area contributed by atoms with E-state index < -0.39 is 11.8 Å². The maximum Gasteiger partial charge on any atom is 0.261 e. The third-order valence-electron chi connectivity index (χ3n) is 4.77. The summed E-state index contributed by atoms with van der Waals surface area (Å²) in [6, 6.07) is 9.35. The number of carbonyl (C=O) groups excluding carboxylic acids is 3. The highest BCUT2D eigenvalue weighted by molar-refractivity contribution is 8.14. The lowest BCUT2D eigenvalue weighted by atomic mass is 9.97. The minimum absolute atomic E-state index is 0.0417. The van der Waals surface area contributed by atoms with Crippen molar-refractivity contribution in [3.63, 3.8) is 0 Å². The van der Waals surface area contributed by atoms with Crippen molar-refractivity contribution in [1.29, 1.82) is 0 Å². The van der Waals surface area contributed by atoms with Crippen LogP contribution in [0, 0.1) is 5.92 Å². The van der Waals surface area contributed by atoms with Crippen LogP contribution in [0.4, 0.5) is 5.13 Å².